The third kappa shape index (κ3) is 1.31. The van der Waals surface area contributed by atoms with Crippen LogP contribution in [0.4, 0.5) is 4.79 Å². The number of hydrogen-bond donors (Lipinski definition) is 2. The summed E-state index contributed by atoms with van der Waals surface area (Å²) in [6, 6.07) is 0. The van der Waals surface area contributed by atoms with E-state index in [4.69, 9.17) is 10.2 Å². The number of ether oxygens (including phenoxy) is 1. The number of aliphatic hydroxyl groups excluding tert-OH is 2. The zero-order valence-corrected chi connectivity index (χ0v) is 5.56. The summed E-state index contributed by atoms with van der Waals surface area (Å²) in [6.07, 6.45) is -2.62. The van der Waals surface area contributed by atoms with Crippen molar-refractivity contribution < 1.29 is 24.5 Å². The van der Waals surface area contributed by atoms with E-state index >= 15 is 0 Å². The number of aliphatic hydroxyl groups is 2. The maximum Gasteiger partial charge on any atom is 0.419 e. The number of carbonyl (C=O) groups excluding carboxylic acids is 2. The van der Waals surface area contributed by atoms with Gasteiger partial charge in [-0.2, -0.15) is 0 Å². The maximum atomic E-state index is 10.7. The average Bonchev–Trinajstić information content (AvgIpc) is 2.17. The van der Waals surface area contributed by atoms with Gasteiger partial charge in [-0.3, -0.25) is 4.79 Å². The van der Waals surface area contributed by atoms with E-state index in [1.807, 2.05) is 0 Å². The van der Waals surface area contributed by atoms with Crippen molar-refractivity contribution in [3.05, 3.63) is 0 Å². The molecule has 2 amide bonds. The molecule has 1 fully saturated rings. The Balaban J connectivity index is 2.64. The number of hydrogen-bond acceptors (Lipinski definition) is 5. The highest BCUT2D eigenvalue weighted by Gasteiger charge is 2.38. The second kappa shape index (κ2) is 2.85. The van der Waals surface area contributed by atoms with Crippen LogP contribution in [0.3, 0.4) is 0 Å². The molecule has 0 aliphatic carbocycles. The summed E-state index contributed by atoms with van der Waals surface area (Å²) >= 11 is 0. The van der Waals surface area contributed by atoms with E-state index in [1.165, 1.54) is 0 Å². The van der Waals surface area contributed by atoms with Gasteiger partial charge in [-0.15, -0.1) is 0 Å². The summed E-state index contributed by atoms with van der Waals surface area (Å²) < 4.78 is 4.12. The van der Waals surface area contributed by atoms with Crippen molar-refractivity contribution in [2.24, 2.45) is 0 Å². The monoisotopic (exact) mass is 161 g/mol. The highest BCUT2D eigenvalue weighted by Crippen LogP contribution is 2.09. The summed E-state index contributed by atoms with van der Waals surface area (Å²) in [5, 5.41) is 17.0. The first-order valence-corrected chi connectivity index (χ1v) is 2.97. The van der Waals surface area contributed by atoms with Crippen LogP contribution in [0.2, 0.25) is 0 Å². The summed E-state index contributed by atoms with van der Waals surface area (Å²) in [6.45, 7) is -0.484. The lowest BCUT2D eigenvalue weighted by Gasteiger charge is -2.06. The molecule has 0 aromatic rings. The molecule has 0 bridgehead atoms. The van der Waals surface area contributed by atoms with Crippen molar-refractivity contribution in [1.82, 2.24) is 4.90 Å². The van der Waals surface area contributed by atoms with Gasteiger partial charge in [0.2, 0.25) is 0 Å². The molecule has 1 atom stereocenters. The van der Waals surface area contributed by atoms with E-state index in [1.54, 1.807) is 0 Å². The number of nitrogens with zero attached hydrogens (tertiary/aromatic N) is 1. The first-order valence-electron chi connectivity index (χ1n) is 2.97. The Kier molecular flexibility index (Phi) is 2.06. The van der Waals surface area contributed by atoms with E-state index in [0.717, 1.165) is 0 Å². The Morgan fingerprint density at radius 1 is 1.55 bits per heavy atom. The number of imide groups is 1. The van der Waals surface area contributed by atoms with E-state index in [0.29, 0.717) is 4.90 Å². The number of cyclic esters (lactones) is 1. The number of rotatable bonds is 2. The number of amides is 2. The maximum absolute atomic E-state index is 10.7. The molecule has 0 radical (unpaired) electrons. The molecule has 1 saturated heterocycles. The standard InChI is InChI=1S/C5H7NO5/c7-2-1-6-3(8)4(9)11-5(6)10/h4,7,9H,1-2H2. The van der Waals surface area contributed by atoms with Crippen LogP contribution < -0.4 is 0 Å². The fourth-order valence-corrected chi connectivity index (χ4v) is 0.734. The van der Waals surface area contributed by atoms with Gasteiger partial charge in [-0.05, 0) is 0 Å². The Hall–Kier alpha value is -1.14. The fourth-order valence-electron chi connectivity index (χ4n) is 0.734. The van der Waals surface area contributed by atoms with Crippen LogP contribution in [0.25, 0.3) is 0 Å². The second-order valence-electron chi connectivity index (χ2n) is 1.95. The number of β-amino-alcohol motifs (C(OH)–C–C–N with tert-alkyl or cyclic N) is 1. The van der Waals surface area contributed by atoms with Crippen molar-refractivity contribution >= 4 is 12.0 Å². The van der Waals surface area contributed by atoms with Crippen LogP contribution in [-0.2, 0) is 9.53 Å². The highest BCUT2D eigenvalue weighted by molar-refractivity contribution is 5.98. The third-order valence-electron chi connectivity index (χ3n) is 1.23. The van der Waals surface area contributed by atoms with Gasteiger partial charge in [-0.25, -0.2) is 9.69 Å². The van der Waals surface area contributed by atoms with Crippen LogP contribution in [0, 0.1) is 0 Å². The predicted octanol–water partition coefficient (Wildman–Crippen LogP) is -1.72. The van der Waals surface area contributed by atoms with Gasteiger partial charge in [0.1, 0.15) is 0 Å². The normalized spacial score (nSPS) is 24.2. The summed E-state index contributed by atoms with van der Waals surface area (Å²) in [5.74, 6) is -0.830. The molecular formula is C5H7NO5. The Morgan fingerprint density at radius 3 is 2.55 bits per heavy atom. The molecule has 6 heteroatoms. The van der Waals surface area contributed by atoms with Crippen molar-refractivity contribution in [3.63, 3.8) is 0 Å². The highest BCUT2D eigenvalue weighted by atomic mass is 16.7. The van der Waals surface area contributed by atoms with Gasteiger partial charge in [0.25, 0.3) is 6.29 Å². The minimum atomic E-state index is -1.70. The topological polar surface area (TPSA) is 87.1 Å². The lowest BCUT2D eigenvalue weighted by molar-refractivity contribution is -0.142. The Morgan fingerprint density at radius 2 is 2.18 bits per heavy atom. The molecule has 6 nitrogen and oxygen atoms in total. The van der Waals surface area contributed by atoms with Crippen molar-refractivity contribution in [3.8, 4) is 0 Å². The van der Waals surface area contributed by atoms with Crippen molar-refractivity contribution in [2.45, 2.75) is 6.29 Å². The van der Waals surface area contributed by atoms with Gasteiger partial charge in [0.15, 0.2) is 0 Å². The molecule has 0 saturated carbocycles. The molecule has 11 heavy (non-hydrogen) atoms. The van der Waals surface area contributed by atoms with Gasteiger partial charge in [0, 0.05) is 0 Å². The third-order valence-corrected chi connectivity index (χ3v) is 1.23. The minimum Gasteiger partial charge on any atom is -0.409 e. The average molecular weight is 161 g/mol. The molecule has 0 spiro atoms. The lowest BCUT2D eigenvalue weighted by atomic mass is 10.5. The van der Waals surface area contributed by atoms with E-state index < -0.39 is 18.3 Å². The van der Waals surface area contributed by atoms with Crippen LogP contribution in [0.5, 0.6) is 0 Å². The summed E-state index contributed by atoms with van der Waals surface area (Å²) in [5.41, 5.74) is 0. The van der Waals surface area contributed by atoms with E-state index in [-0.39, 0.29) is 13.2 Å². The molecule has 0 aromatic heterocycles. The minimum absolute atomic E-state index is 0.144. The van der Waals surface area contributed by atoms with Crippen LogP contribution >= 0.6 is 0 Å². The lowest BCUT2D eigenvalue weighted by Crippen LogP contribution is -2.33. The van der Waals surface area contributed by atoms with Crippen molar-refractivity contribution in [2.75, 3.05) is 13.2 Å². The second-order valence-corrected chi connectivity index (χ2v) is 1.95. The SMILES string of the molecule is O=C1OC(O)C(=O)N1CCO. The molecular weight excluding hydrogens is 154 g/mol. The zero-order valence-electron chi connectivity index (χ0n) is 5.56. The zero-order chi connectivity index (χ0) is 8.43. The van der Waals surface area contributed by atoms with Gasteiger partial charge < -0.3 is 14.9 Å². The van der Waals surface area contributed by atoms with Gasteiger partial charge in [-0.1, -0.05) is 0 Å². The predicted molar refractivity (Wildman–Crippen MR) is 31.3 cm³/mol. The molecule has 0 aromatic carbocycles. The Bertz CT molecular complexity index is 191. The van der Waals surface area contributed by atoms with Crippen LogP contribution in [0.15, 0.2) is 0 Å². The molecule has 1 rings (SSSR count). The molecule has 1 heterocycles. The van der Waals surface area contributed by atoms with E-state index in [9.17, 15) is 9.59 Å². The fraction of sp³-hybridized carbons (Fsp3) is 0.600. The van der Waals surface area contributed by atoms with E-state index in [2.05, 4.69) is 4.74 Å². The smallest absolute Gasteiger partial charge is 0.409 e. The first kappa shape index (κ1) is 7.96. The van der Waals surface area contributed by atoms with Gasteiger partial charge >= 0.3 is 12.0 Å². The summed E-state index contributed by atoms with van der Waals surface area (Å²) in [7, 11) is 0. The largest absolute Gasteiger partial charge is 0.419 e. The van der Waals surface area contributed by atoms with Crippen LogP contribution in [-0.4, -0.2) is 46.6 Å². The Labute approximate surface area is 62.0 Å². The molecule has 1 aliphatic rings. The quantitative estimate of drug-likeness (QED) is 0.502. The molecule has 1 unspecified atom stereocenters. The van der Waals surface area contributed by atoms with Gasteiger partial charge in [0.05, 0.1) is 13.2 Å². The molecule has 2 N–H and O–H groups in total. The van der Waals surface area contributed by atoms with Crippen LogP contribution in [0.1, 0.15) is 0 Å². The molecule has 62 valence electrons. The molecule has 1 aliphatic heterocycles. The van der Waals surface area contributed by atoms with Crippen molar-refractivity contribution in [1.29, 1.82) is 0 Å². The first-order chi connectivity index (χ1) is 5.16. The summed E-state index contributed by atoms with van der Waals surface area (Å²) in [4.78, 5) is 22.0. The number of carbonyl (C=O) groups is 2.